The van der Waals surface area contributed by atoms with Gasteiger partial charge in [-0.15, -0.1) is 0 Å². The van der Waals surface area contributed by atoms with Gasteiger partial charge in [-0.3, -0.25) is 9.59 Å². The lowest BCUT2D eigenvalue weighted by molar-refractivity contribution is -0.144. The monoisotopic (exact) mass is 239 g/mol. The minimum atomic E-state index is -1.16. The van der Waals surface area contributed by atoms with Crippen molar-refractivity contribution in [2.75, 3.05) is 7.05 Å². The smallest absolute Gasteiger partial charge is 0.312 e. The highest BCUT2D eigenvalue weighted by molar-refractivity contribution is 5.93. The van der Waals surface area contributed by atoms with Gasteiger partial charge in [-0.1, -0.05) is 12.1 Å². The molecule has 1 atom stereocenters. The standard InChI is InChI=1S/C12H14FNO3/c1-8(9-3-5-10(13)6-4-9)14(2)11(15)7-12(16)17/h3-6,8H,7H2,1-2H3,(H,16,17). The van der Waals surface area contributed by atoms with Crippen molar-refractivity contribution in [1.82, 2.24) is 4.90 Å². The molecule has 0 aliphatic heterocycles. The highest BCUT2D eigenvalue weighted by Gasteiger charge is 2.19. The molecule has 0 bridgehead atoms. The van der Waals surface area contributed by atoms with Gasteiger partial charge in [0.05, 0.1) is 6.04 Å². The van der Waals surface area contributed by atoms with Crippen LogP contribution < -0.4 is 0 Å². The van der Waals surface area contributed by atoms with E-state index < -0.39 is 18.3 Å². The van der Waals surface area contributed by atoms with Crippen molar-refractivity contribution in [3.8, 4) is 0 Å². The van der Waals surface area contributed by atoms with Crippen LogP contribution in [0.4, 0.5) is 4.39 Å². The third kappa shape index (κ3) is 3.55. The molecule has 1 rings (SSSR count). The molecule has 1 aromatic rings. The Bertz CT molecular complexity index is 416. The largest absolute Gasteiger partial charge is 0.481 e. The van der Waals surface area contributed by atoms with Crippen molar-refractivity contribution >= 4 is 11.9 Å². The Kier molecular flexibility index (Phi) is 4.20. The van der Waals surface area contributed by atoms with Gasteiger partial charge in [0.15, 0.2) is 0 Å². The fraction of sp³-hybridized carbons (Fsp3) is 0.333. The van der Waals surface area contributed by atoms with E-state index in [1.165, 1.54) is 24.1 Å². The van der Waals surface area contributed by atoms with Crippen LogP contribution in [-0.2, 0) is 9.59 Å². The van der Waals surface area contributed by atoms with E-state index in [1.54, 1.807) is 19.1 Å². The normalized spacial score (nSPS) is 11.9. The van der Waals surface area contributed by atoms with Crippen LogP contribution in [0.1, 0.15) is 24.9 Å². The third-order valence-electron chi connectivity index (χ3n) is 2.63. The maximum atomic E-state index is 12.7. The van der Waals surface area contributed by atoms with Crippen LogP contribution in [0, 0.1) is 5.82 Å². The zero-order valence-electron chi connectivity index (χ0n) is 9.68. The Balaban J connectivity index is 2.75. The molecule has 92 valence electrons. The van der Waals surface area contributed by atoms with Crippen LogP contribution >= 0.6 is 0 Å². The number of halogens is 1. The number of carboxylic acids is 1. The summed E-state index contributed by atoms with van der Waals surface area (Å²) in [5.74, 6) is -1.98. The van der Waals surface area contributed by atoms with Crippen molar-refractivity contribution in [1.29, 1.82) is 0 Å². The molecule has 0 heterocycles. The van der Waals surface area contributed by atoms with E-state index in [4.69, 9.17) is 5.11 Å². The Morgan fingerprint density at radius 1 is 1.35 bits per heavy atom. The van der Waals surface area contributed by atoms with Crippen LogP contribution in [0.2, 0.25) is 0 Å². The lowest BCUT2D eigenvalue weighted by Gasteiger charge is -2.24. The predicted molar refractivity (Wildman–Crippen MR) is 59.8 cm³/mol. The first kappa shape index (κ1) is 13.2. The number of nitrogens with zero attached hydrogens (tertiary/aromatic N) is 1. The zero-order valence-corrected chi connectivity index (χ0v) is 9.68. The van der Waals surface area contributed by atoms with Gasteiger partial charge in [-0.2, -0.15) is 0 Å². The van der Waals surface area contributed by atoms with E-state index in [0.717, 1.165) is 5.56 Å². The highest BCUT2D eigenvalue weighted by Crippen LogP contribution is 2.19. The van der Waals surface area contributed by atoms with Gasteiger partial charge in [0.1, 0.15) is 12.2 Å². The topological polar surface area (TPSA) is 57.6 Å². The number of amides is 1. The van der Waals surface area contributed by atoms with Gasteiger partial charge in [0, 0.05) is 7.05 Å². The molecule has 5 heteroatoms. The number of aliphatic carboxylic acids is 1. The number of benzene rings is 1. The predicted octanol–water partition coefficient (Wildman–Crippen LogP) is 1.82. The minimum Gasteiger partial charge on any atom is -0.481 e. The van der Waals surface area contributed by atoms with Crippen molar-refractivity contribution < 1.29 is 19.1 Å². The quantitative estimate of drug-likeness (QED) is 0.815. The lowest BCUT2D eigenvalue weighted by atomic mass is 10.1. The van der Waals surface area contributed by atoms with Crippen LogP contribution in [-0.4, -0.2) is 28.9 Å². The molecule has 1 aromatic carbocycles. The summed E-state index contributed by atoms with van der Waals surface area (Å²) >= 11 is 0. The molecule has 0 saturated carbocycles. The Hall–Kier alpha value is -1.91. The van der Waals surface area contributed by atoms with E-state index in [9.17, 15) is 14.0 Å². The second-order valence-corrected chi connectivity index (χ2v) is 3.80. The average Bonchev–Trinajstić information content (AvgIpc) is 2.27. The van der Waals surface area contributed by atoms with E-state index in [1.807, 2.05) is 0 Å². The molecule has 0 aliphatic carbocycles. The molecule has 0 fully saturated rings. The first-order chi connectivity index (χ1) is 7.91. The lowest BCUT2D eigenvalue weighted by Crippen LogP contribution is -2.31. The van der Waals surface area contributed by atoms with Crippen molar-refractivity contribution in [3.63, 3.8) is 0 Å². The molecule has 0 spiro atoms. The summed E-state index contributed by atoms with van der Waals surface area (Å²) < 4.78 is 12.7. The number of hydrogen-bond acceptors (Lipinski definition) is 2. The van der Waals surface area contributed by atoms with E-state index in [2.05, 4.69) is 0 Å². The fourth-order valence-electron chi connectivity index (χ4n) is 1.43. The summed E-state index contributed by atoms with van der Waals surface area (Å²) in [5.41, 5.74) is 0.757. The van der Waals surface area contributed by atoms with Gasteiger partial charge in [-0.25, -0.2) is 4.39 Å². The van der Waals surface area contributed by atoms with E-state index in [-0.39, 0.29) is 11.9 Å². The first-order valence-corrected chi connectivity index (χ1v) is 5.14. The summed E-state index contributed by atoms with van der Waals surface area (Å²) in [4.78, 5) is 23.3. The molecular weight excluding hydrogens is 225 g/mol. The third-order valence-corrected chi connectivity index (χ3v) is 2.63. The SMILES string of the molecule is CC(c1ccc(F)cc1)N(C)C(=O)CC(=O)O. The summed E-state index contributed by atoms with van der Waals surface area (Å²) in [6.45, 7) is 1.76. The summed E-state index contributed by atoms with van der Waals surface area (Å²) in [6, 6.07) is 5.47. The highest BCUT2D eigenvalue weighted by atomic mass is 19.1. The number of carbonyl (C=O) groups excluding carboxylic acids is 1. The number of carboxylic acid groups (broad SMARTS) is 1. The molecule has 1 amide bonds. The van der Waals surface area contributed by atoms with Gasteiger partial charge in [-0.05, 0) is 24.6 Å². The van der Waals surface area contributed by atoms with Gasteiger partial charge < -0.3 is 10.0 Å². The van der Waals surface area contributed by atoms with Crippen molar-refractivity contribution in [2.24, 2.45) is 0 Å². The van der Waals surface area contributed by atoms with Gasteiger partial charge >= 0.3 is 5.97 Å². The molecule has 1 unspecified atom stereocenters. The van der Waals surface area contributed by atoms with Crippen molar-refractivity contribution in [3.05, 3.63) is 35.6 Å². The molecule has 1 N–H and O–H groups in total. The average molecular weight is 239 g/mol. The second kappa shape index (κ2) is 5.43. The number of rotatable bonds is 4. The maximum Gasteiger partial charge on any atom is 0.312 e. The summed E-state index contributed by atoms with van der Waals surface area (Å²) in [5, 5.41) is 8.52. The summed E-state index contributed by atoms with van der Waals surface area (Å²) in [6.07, 6.45) is -0.540. The number of hydrogen-bond donors (Lipinski definition) is 1. The van der Waals surface area contributed by atoms with Crippen LogP contribution in [0.15, 0.2) is 24.3 Å². The number of carbonyl (C=O) groups is 2. The molecule has 0 aromatic heterocycles. The molecule has 4 nitrogen and oxygen atoms in total. The van der Waals surface area contributed by atoms with E-state index in [0.29, 0.717) is 0 Å². The molecule has 0 radical (unpaired) electrons. The van der Waals surface area contributed by atoms with Crippen molar-refractivity contribution in [2.45, 2.75) is 19.4 Å². The first-order valence-electron chi connectivity index (χ1n) is 5.14. The molecule has 17 heavy (non-hydrogen) atoms. The van der Waals surface area contributed by atoms with Crippen LogP contribution in [0.3, 0.4) is 0 Å². The van der Waals surface area contributed by atoms with Crippen LogP contribution in [0.5, 0.6) is 0 Å². The molecular formula is C12H14FNO3. The second-order valence-electron chi connectivity index (χ2n) is 3.80. The zero-order chi connectivity index (χ0) is 13.0. The Labute approximate surface area is 98.7 Å². The summed E-state index contributed by atoms with van der Waals surface area (Å²) in [7, 11) is 1.53. The van der Waals surface area contributed by atoms with E-state index >= 15 is 0 Å². The van der Waals surface area contributed by atoms with Gasteiger partial charge in [0.2, 0.25) is 5.91 Å². The van der Waals surface area contributed by atoms with Gasteiger partial charge in [0.25, 0.3) is 0 Å². The fourth-order valence-corrected chi connectivity index (χ4v) is 1.43. The Morgan fingerprint density at radius 3 is 2.35 bits per heavy atom. The molecule has 0 aliphatic rings. The van der Waals surface area contributed by atoms with Crippen LogP contribution in [0.25, 0.3) is 0 Å². The maximum absolute atomic E-state index is 12.7. The molecule has 0 saturated heterocycles. The minimum absolute atomic E-state index is 0.289. The Morgan fingerprint density at radius 2 is 1.88 bits per heavy atom.